The van der Waals surface area contributed by atoms with Gasteiger partial charge in [-0.05, 0) is 19.1 Å². The molecule has 0 aromatic carbocycles. The molecule has 3 aromatic heterocycles. The van der Waals surface area contributed by atoms with Crippen LogP contribution >= 0.6 is 11.3 Å². The van der Waals surface area contributed by atoms with Gasteiger partial charge in [-0.15, -0.1) is 11.3 Å². The fourth-order valence-electron chi connectivity index (χ4n) is 1.82. The summed E-state index contributed by atoms with van der Waals surface area (Å²) in [5.41, 5.74) is 8.29. The SMILES string of the molecule is Cc1sc2c(CCc3ccco3)noc2c1N. The Morgan fingerprint density at radius 1 is 1.41 bits per heavy atom. The highest BCUT2D eigenvalue weighted by Gasteiger charge is 2.16. The Bertz CT molecular complexity index is 637. The Hall–Kier alpha value is -1.75. The smallest absolute Gasteiger partial charge is 0.201 e. The van der Waals surface area contributed by atoms with E-state index in [9.17, 15) is 0 Å². The topological polar surface area (TPSA) is 65.2 Å². The third-order valence-electron chi connectivity index (χ3n) is 2.78. The summed E-state index contributed by atoms with van der Waals surface area (Å²) in [7, 11) is 0. The zero-order valence-corrected chi connectivity index (χ0v) is 10.2. The van der Waals surface area contributed by atoms with Crippen LogP contribution in [0.2, 0.25) is 0 Å². The third kappa shape index (κ3) is 1.72. The first kappa shape index (κ1) is 10.4. The molecule has 0 atom stereocenters. The average Bonchev–Trinajstić information content (AvgIpc) is 2.99. The maximum absolute atomic E-state index is 5.90. The van der Waals surface area contributed by atoms with Crippen LogP contribution in [0.25, 0.3) is 10.3 Å². The molecule has 0 amide bonds. The van der Waals surface area contributed by atoms with Gasteiger partial charge in [0.15, 0.2) is 0 Å². The van der Waals surface area contributed by atoms with E-state index in [-0.39, 0.29) is 0 Å². The number of rotatable bonds is 3. The molecule has 17 heavy (non-hydrogen) atoms. The van der Waals surface area contributed by atoms with Crippen molar-refractivity contribution < 1.29 is 8.94 Å². The Morgan fingerprint density at radius 2 is 2.29 bits per heavy atom. The van der Waals surface area contributed by atoms with Crippen molar-refractivity contribution in [2.45, 2.75) is 19.8 Å². The minimum absolute atomic E-state index is 0.710. The second kappa shape index (κ2) is 3.92. The summed E-state index contributed by atoms with van der Waals surface area (Å²) in [5, 5.41) is 4.07. The van der Waals surface area contributed by atoms with Crippen molar-refractivity contribution in [2.24, 2.45) is 0 Å². The second-order valence-electron chi connectivity index (χ2n) is 3.94. The van der Waals surface area contributed by atoms with Crippen molar-refractivity contribution in [3.8, 4) is 0 Å². The standard InChI is InChI=1S/C12H12N2O2S/c1-7-10(13)11-12(17-7)9(14-16-11)5-4-8-3-2-6-15-8/h2-3,6H,4-5,13H2,1H3. The predicted molar refractivity (Wildman–Crippen MR) is 67.2 cm³/mol. The largest absolute Gasteiger partial charge is 0.469 e. The number of aromatic nitrogens is 1. The van der Waals surface area contributed by atoms with Crippen LogP contribution < -0.4 is 5.73 Å². The molecule has 0 radical (unpaired) electrons. The third-order valence-corrected chi connectivity index (χ3v) is 3.93. The molecule has 0 unspecified atom stereocenters. The molecule has 88 valence electrons. The van der Waals surface area contributed by atoms with Gasteiger partial charge in [-0.3, -0.25) is 0 Å². The van der Waals surface area contributed by atoms with Gasteiger partial charge in [0.05, 0.1) is 16.7 Å². The number of anilines is 1. The van der Waals surface area contributed by atoms with E-state index in [1.54, 1.807) is 17.6 Å². The molecule has 5 heteroatoms. The van der Waals surface area contributed by atoms with Gasteiger partial charge in [-0.1, -0.05) is 5.16 Å². The summed E-state index contributed by atoms with van der Waals surface area (Å²) in [5.74, 6) is 0.961. The van der Waals surface area contributed by atoms with E-state index >= 15 is 0 Å². The van der Waals surface area contributed by atoms with E-state index in [0.29, 0.717) is 5.69 Å². The normalized spacial score (nSPS) is 11.4. The summed E-state index contributed by atoms with van der Waals surface area (Å²) in [6.07, 6.45) is 3.31. The van der Waals surface area contributed by atoms with Gasteiger partial charge >= 0.3 is 0 Å². The zero-order valence-electron chi connectivity index (χ0n) is 9.40. The number of aryl methyl sites for hydroxylation is 3. The number of furan rings is 1. The molecule has 0 saturated carbocycles. The Balaban J connectivity index is 1.88. The molecule has 0 aliphatic carbocycles. The van der Waals surface area contributed by atoms with E-state index in [2.05, 4.69) is 5.16 Å². The van der Waals surface area contributed by atoms with E-state index in [4.69, 9.17) is 14.7 Å². The molecular weight excluding hydrogens is 236 g/mol. The van der Waals surface area contributed by atoms with Gasteiger partial charge in [-0.2, -0.15) is 0 Å². The van der Waals surface area contributed by atoms with Crippen molar-refractivity contribution in [1.29, 1.82) is 0 Å². The monoisotopic (exact) mass is 248 g/mol. The van der Waals surface area contributed by atoms with Crippen LogP contribution in [0.15, 0.2) is 27.3 Å². The van der Waals surface area contributed by atoms with Gasteiger partial charge < -0.3 is 14.7 Å². The van der Waals surface area contributed by atoms with Gasteiger partial charge in [0.25, 0.3) is 0 Å². The molecule has 3 heterocycles. The van der Waals surface area contributed by atoms with E-state index in [0.717, 1.165) is 39.5 Å². The lowest BCUT2D eigenvalue weighted by molar-refractivity contribution is 0.443. The Morgan fingerprint density at radius 3 is 3.06 bits per heavy atom. The van der Waals surface area contributed by atoms with Crippen LogP contribution in [0.1, 0.15) is 16.3 Å². The first-order valence-corrected chi connectivity index (χ1v) is 6.23. The number of thiophene rings is 1. The van der Waals surface area contributed by atoms with Crippen LogP contribution in [0.4, 0.5) is 5.69 Å². The summed E-state index contributed by atoms with van der Waals surface area (Å²) in [6, 6.07) is 3.85. The number of nitrogens with two attached hydrogens (primary N) is 1. The van der Waals surface area contributed by atoms with Crippen molar-refractivity contribution in [3.63, 3.8) is 0 Å². The summed E-state index contributed by atoms with van der Waals surface area (Å²) in [6.45, 7) is 1.99. The van der Waals surface area contributed by atoms with Gasteiger partial charge in [0.2, 0.25) is 5.58 Å². The Labute approximate surface area is 102 Å². The molecule has 0 spiro atoms. The lowest BCUT2D eigenvalue weighted by Crippen LogP contribution is -1.89. The van der Waals surface area contributed by atoms with E-state index in [1.807, 2.05) is 19.1 Å². The predicted octanol–water partition coefficient (Wildman–Crippen LogP) is 3.16. The highest BCUT2D eigenvalue weighted by molar-refractivity contribution is 7.19. The number of nitrogens with zero attached hydrogens (tertiary/aromatic N) is 1. The van der Waals surface area contributed by atoms with Gasteiger partial charge in [0, 0.05) is 17.7 Å². The van der Waals surface area contributed by atoms with E-state index < -0.39 is 0 Å². The molecule has 2 N–H and O–H groups in total. The van der Waals surface area contributed by atoms with Crippen LogP contribution in [0, 0.1) is 6.92 Å². The fraction of sp³-hybridized carbons (Fsp3) is 0.250. The second-order valence-corrected chi connectivity index (χ2v) is 5.16. The number of nitrogen functional groups attached to an aromatic ring is 1. The number of fused-ring (bicyclic) bond motifs is 1. The molecule has 4 nitrogen and oxygen atoms in total. The summed E-state index contributed by atoms with van der Waals surface area (Å²) < 4.78 is 11.6. The summed E-state index contributed by atoms with van der Waals surface area (Å²) >= 11 is 1.64. The maximum atomic E-state index is 5.90. The highest BCUT2D eigenvalue weighted by atomic mass is 32.1. The van der Waals surface area contributed by atoms with Crippen LogP contribution in [0.5, 0.6) is 0 Å². The van der Waals surface area contributed by atoms with Crippen LogP contribution in [-0.2, 0) is 12.8 Å². The quantitative estimate of drug-likeness (QED) is 0.773. The molecule has 0 saturated heterocycles. The van der Waals surface area contributed by atoms with Gasteiger partial charge in [-0.25, -0.2) is 0 Å². The summed E-state index contributed by atoms with van der Waals surface area (Å²) in [4.78, 5) is 1.08. The minimum atomic E-state index is 0.710. The zero-order chi connectivity index (χ0) is 11.8. The first-order valence-electron chi connectivity index (χ1n) is 5.41. The highest BCUT2D eigenvalue weighted by Crippen LogP contribution is 2.35. The Kier molecular flexibility index (Phi) is 2.40. The first-order chi connectivity index (χ1) is 8.25. The number of hydrogen-bond donors (Lipinski definition) is 1. The molecule has 3 rings (SSSR count). The van der Waals surface area contributed by atoms with Crippen molar-refractivity contribution in [3.05, 3.63) is 34.7 Å². The van der Waals surface area contributed by atoms with Crippen LogP contribution in [0.3, 0.4) is 0 Å². The average molecular weight is 248 g/mol. The maximum Gasteiger partial charge on any atom is 0.201 e. The van der Waals surface area contributed by atoms with Gasteiger partial charge in [0.1, 0.15) is 11.5 Å². The van der Waals surface area contributed by atoms with Crippen LogP contribution in [-0.4, -0.2) is 5.16 Å². The van der Waals surface area contributed by atoms with Crippen molar-refractivity contribution in [2.75, 3.05) is 5.73 Å². The number of hydrogen-bond acceptors (Lipinski definition) is 5. The molecule has 0 fully saturated rings. The lowest BCUT2D eigenvalue weighted by Gasteiger charge is -1.92. The molecular formula is C12H12N2O2S. The molecule has 0 aliphatic rings. The molecule has 3 aromatic rings. The van der Waals surface area contributed by atoms with Crippen molar-refractivity contribution >= 4 is 27.3 Å². The van der Waals surface area contributed by atoms with E-state index in [1.165, 1.54) is 0 Å². The fourth-order valence-corrected chi connectivity index (χ4v) is 2.82. The molecule has 0 aliphatic heterocycles. The minimum Gasteiger partial charge on any atom is -0.469 e. The lowest BCUT2D eigenvalue weighted by atomic mass is 10.2. The molecule has 0 bridgehead atoms. The van der Waals surface area contributed by atoms with Crippen molar-refractivity contribution in [1.82, 2.24) is 5.16 Å².